The summed E-state index contributed by atoms with van der Waals surface area (Å²) in [6, 6.07) is 18.8. The Hall–Kier alpha value is -4.13. The second-order valence-electron chi connectivity index (χ2n) is 6.78. The van der Waals surface area contributed by atoms with Crippen LogP contribution in [-0.4, -0.2) is 34.9 Å². The number of carbonyl (C=O) groups excluding carboxylic acids is 1. The van der Waals surface area contributed by atoms with Gasteiger partial charge in [0.15, 0.2) is 0 Å². The number of aromatic nitrogens is 3. The van der Waals surface area contributed by atoms with Gasteiger partial charge in [0.05, 0.1) is 25.5 Å². The monoisotopic (exact) mass is 414 g/mol. The van der Waals surface area contributed by atoms with Gasteiger partial charge in [0.25, 0.3) is 5.91 Å². The summed E-state index contributed by atoms with van der Waals surface area (Å²) in [6.07, 6.45) is 5.13. The van der Waals surface area contributed by atoms with Gasteiger partial charge in [-0.3, -0.25) is 9.78 Å². The Labute approximate surface area is 180 Å². The molecule has 0 spiro atoms. The van der Waals surface area contributed by atoms with Gasteiger partial charge in [-0.1, -0.05) is 18.2 Å². The fraction of sp³-hybridized carbons (Fsp3) is 0.125. The van der Waals surface area contributed by atoms with Crippen molar-refractivity contribution in [3.63, 3.8) is 0 Å². The van der Waals surface area contributed by atoms with Crippen LogP contribution in [0.4, 0.5) is 0 Å². The molecule has 7 heteroatoms. The maximum Gasteiger partial charge on any atom is 0.255 e. The van der Waals surface area contributed by atoms with Crippen LogP contribution >= 0.6 is 0 Å². The molecule has 156 valence electrons. The van der Waals surface area contributed by atoms with E-state index in [1.165, 1.54) is 0 Å². The summed E-state index contributed by atoms with van der Waals surface area (Å²) in [5.74, 6) is 1.000. The molecule has 0 aliphatic rings. The van der Waals surface area contributed by atoms with Crippen LogP contribution in [0, 0.1) is 0 Å². The van der Waals surface area contributed by atoms with Crippen LogP contribution in [0.25, 0.3) is 16.9 Å². The zero-order valence-corrected chi connectivity index (χ0v) is 17.3. The van der Waals surface area contributed by atoms with Crippen molar-refractivity contribution in [2.45, 2.75) is 6.54 Å². The van der Waals surface area contributed by atoms with E-state index in [2.05, 4.69) is 10.3 Å². The molecule has 0 aliphatic carbocycles. The molecule has 4 aromatic rings. The number of ether oxygens (including phenoxy) is 2. The Morgan fingerprint density at radius 1 is 1.00 bits per heavy atom. The molecule has 0 atom stereocenters. The minimum atomic E-state index is -0.230. The van der Waals surface area contributed by atoms with E-state index in [1.807, 2.05) is 54.6 Å². The first-order chi connectivity index (χ1) is 15.2. The Morgan fingerprint density at radius 2 is 1.77 bits per heavy atom. The fourth-order valence-corrected chi connectivity index (χ4v) is 3.22. The Morgan fingerprint density at radius 3 is 2.48 bits per heavy atom. The molecular weight excluding hydrogens is 392 g/mol. The van der Waals surface area contributed by atoms with E-state index in [-0.39, 0.29) is 5.91 Å². The Bertz CT molecular complexity index is 1170. The van der Waals surface area contributed by atoms with E-state index in [0.29, 0.717) is 34.9 Å². The lowest BCUT2D eigenvalue weighted by Gasteiger charge is -2.10. The third kappa shape index (κ3) is 4.40. The maximum absolute atomic E-state index is 13.1. The standard InChI is InChI=1S/C24H22N4O3/c1-30-19-8-9-20(22(14-19)31-2)23-21(16-28(27-23)18-6-4-3-5-7-18)24(29)26-15-17-10-12-25-13-11-17/h3-14,16H,15H2,1-2H3,(H,26,29). The molecule has 0 radical (unpaired) electrons. The second kappa shape index (κ2) is 9.13. The number of hydrogen-bond donors (Lipinski definition) is 1. The molecule has 2 heterocycles. The van der Waals surface area contributed by atoms with Crippen LogP contribution in [0.15, 0.2) is 79.3 Å². The summed E-state index contributed by atoms with van der Waals surface area (Å²) >= 11 is 0. The minimum Gasteiger partial charge on any atom is -0.497 e. The Kier molecular flexibility index (Phi) is 5.93. The second-order valence-corrected chi connectivity index (χ2v) is 6.78. The van der Waals surface area contributed by atoms with Crippen LogP contribution in [0.3, 0.4) is 0 Å². The van der Waals surface area contributed by atoms with E-state index in [0.717, 1.165) is 11.3 Å². The van der Waals surface area contributed by atoms with Gasteiger partial charge in [-0.2, -0.15) is 5.10 Å². The van der Waals surface area contributed by atoms with Crippen LogP contribution in [0.2, 0.25) is 0 Å². The predicted octanol–water partition coefficient (Wildman–Crippen LogP) is 3.88. The van der Waals surface area contributed by atoms with Crippen molar-refractivity contribution in [2.75, 3.05) is 14.2 Å². The molecule has 0 aliphatic heterocycles. The highest BCUT2D eigenvalue weighted by atomic mass is 16.5. The SMILES string of the molecule is COc1ccc(-c2nn(-c3ccccc3)cc2C(=O)NCc2ccncc2)c(OC)c1. The largest absolute Gasteiger partial charge is 0.497 e. The van der Waals surface area contributed by atoms with Crippen molar-refractivity contribution in [2.24, 2.45) is 0 Å². The van der Waals surface area contributed by atoms with Crippen LogP contribution in [0.1, 0.15) is 15.9 Å². The normalized spacial score (nSPS) is 10.5. The van der Waals surface area contributed by atoms with Gasteiger partial charge >= 0.3 is 0 Å². The quantitative estimate of drug-likeness (QED) is 0.497. The molecule has 7 nitrogen and oxygen atoms in total. The molecule has 1 N–H and O–H groups in total. The van der Waals surface area contributed by atoms with Gasteiger partial charge in [-0.05, 0) is 42.0 Å². The molecule has 1 amide bonds. The average molecular weight is 414 g/mol. The first-order valence-electron chi connectivity index (χ1n) is 9.74. The number of rotatable bonds is 7. The van der Waals surface area contributed by atoms with Crippen molar-refractivity contribution in [1.29, 1.82) is 0 Å². The number of nitrogens with zero attached hydrogens (tertiary/aromatic N) is 3. The van der Waals surface area contributed by atoms with Gasteiger partial charge in [0.2, 0.25) is 0 Å². The zero-order chi connectivity index (χ0) is 21.6. The van der Waals surface area contributed by atoms with Gasteiger partial charge in [-0.15, -0.1) is 0 Å². The topological polar surface area (TPSA) is 78.3 Å². The molecule has 2 aromatic heterocycles. The number of pyridine rings is 1. The number of carbonyl (C=O) groups is 1. The molecule has 4 rings (SSSR count). The summed E-state index contributed by atoms with van der Waals surface area (Å²) < 4.78 is 12.5. The number of hydrogen-bond acceptors (Lipinski definition) is 5. The van der Waals surface area contributed by atoms with Crippen molar-refractivity contribution >= 4 is 5.91 Å². The molecule has 2 aromatic carbocycles. The van der Waals surface area contributed by atoms with Crippen LogP contribution in [-0.2, 0) is 6.54 Å². The predicted molar refractivity (Wildman–Crippen MR) is 118 cm³/mol. The molecule has 0 unspecified atom stereocenters. The molecular formula is C24H22N4O3. The number of methoxy groups -OCH3 is 2. The first-order valence-corrected chi connectivity index (χ1v) is 9.74. The van der Waals surface area contributed by atoms with Crippen LogP contribution in [0.5, 0.6) is 11.5 Å². The highest BCUT2D eigenvalue weighted by Gasteiger charge is 2.21. The smallest absolute Gasteiger partial charge is 0.255 e. The van der Waals surface area contributed by atoms with Crippen molar-refractivity contribution in [1.82, 2.24) is 20.1 Å². The third-order valence-electron chi connectivity index (χ3n) is 4.85. The van der Waals surface area contributed by atoms with Gasteiger partial charge in [-0.25, -0.2) is 4.68 Å². The number of nitrogens with one attached hydrogen (secondary N) is 1. The summed E-state index contributed by atoms with van der Waals surface area (Å²) in [6.45, 7) is 0.386. The van der Waals surface area contributed by atoms with Crippen molar-refractivity contribution in [3.05, 3.63) is 90.4 Å². The van der Waals surface area contributed by atoms with Gasteiger partial charge in [0.1, 0.15) is 17.2 Å². The number of para-hydroxylation sites is 1. The van der Waals surface area contributed by atoms with E-state index >= 15 is 0 Å². The van der Waals surface area contributed by atoms with Crippen molar-refractivity contribution in [3.8, 4) is 28.4 Å². The van der Waals surface area contributed by atoms with Crippen LogP contribution < -0.4 is 14.8 Å². The maximum atomic E-state index is 13.1. The van der Waals surface area contributed by atoms with E-state index < -0.39 is 0 Å². The fourth-order valence-electron chi connectivity index (χ4n) is 3.22. The first kappa shape index (κ1) is 20.2. The molecule has 0 bridgehead atoms. The summed E-state index contributed by atoms with van der Waals surface area (Å²) in [5.41, 5.74) is 3.48. The summed E-state index contributed by atoms with van der Waals surface area (Å²) in [7, 11) is 3.17. The Balaban J connectivity index is 1.74. The lowest BCUT2D eigenvalue weighted by atomic mass is 10.1. The molecule has 0 fully saturated rings. The average Bonchev–Trinajstić information content (AvgIpc) is 3.28. The lowest BCUT2D eigenvalue weighted by molar-refractivity contribution is 0.0951. The molecule has 31 heavy (non-hydrogen) atoms. The molecule has 0 saturated carbocycles. The van der Waals surface area contributed by atoms with Crippen molar-refractivity contribution < 1.29 is 14.3 Å². The van der Waals surface area contributed by atoms with E-state index in [1.54, 1.807) is 43.6 Å². The van der Waals surface area contributed by atoms with Gasteiger partial charge < -0.3 is 14.8 Å². The zero-order valence-electron chi connectivity index (χ0n) is 17.3. The highest BCUT2D eigenvalue weighted by Crippen LogP contribution is 2.34. The third-order valence-corrected chi connectivity index (χ3v) is 4.85. The van der Waals surface area contributed by atoms with Gasteiger partial charge in [0, 0.05) is 36.8 Å². The molecule has 0 saturated heterocycles. The highest BCUT2D eigenvalue weighted by molar-refractivity contribution is 6.00. The minimum absolute atomic E-state index is 0.230. The lowest BCUT2D eigenvalue weighted by Crippen LogP contribution is -2.23. The number of amides is 1. The van der Waals surface area contributed by atoms with E-state index in [9.17, 15) is 4.79 Å². The summed E-state index contributed by atoms with van der Waals surface area (Å²) in [4.78, 5) is 17.1. The summed E-state index contributed by atoms with van der Waals surface area (Å²) in [5, 5.41) is 7.68. The number of benzene rings is 2. The van der Waals surface area contributed by atoms with E-state index in [4.69, 9.17) is 14.6 Å².